The molecule has 1 N–H and O–H groups in total. The van der Waals surface area contributed by atoms with Crippen molar-refractivity contribution in [2.45, 2.75) is 63.0 Å². The standard InChI is InChI=1S/C18H27NO/c1-2-7-16(8-3-1)9-6-14-20-18(12-4-5-13-18)15-19-17-10-11-17/h1-3,7-8,17,19H,4-6,9-15H2. The van der Waals surface area contributed by atoms with Gasteiger partial charge in [-0.2, -0.15) is 0 Å². The van der Waals surface area contributed by atoms with Crippen molar-refractivity contribution in [2.75, 3.05) is 13.2 Å². The van der Waals surface area contributed by atoms with Crippen molar-refractivity contribution in [1.29, 1.82) is 0 Å². The molecular weight excluding hydrogens is 246 g/mol. The number of aryl methyl sites for hydroxylation is 1. The van der Waals surface area contributed by atoms with Gasteiger partial charge in [0, 0.05) is 19.2 Å². The summed E-state index contributed by atoms with van der Waals surface area (Å²) in [6, 6.07) is 11.5. The molecule has 0 heterocycles. The maximum Gasteiger partial charge on any atom is 0.0806 e. The molecule has 0 aromatic heterocycles. The van der Waals surface area contributed by atoms with Gasteiger partial charge in [-0.15, -0.1) is 0 Å². The van der Waals surface area contributed by atoms with E-state index in [1.807, 2.05) is 0 Å². The first-order chi connectivity index (χ1) is 9.86. The average Bonchev–Trinajstić information content (AvgIpc) is 3.21. The molecule has 0 spiro atoms. The summed E-state index contributed by atoms with van der Waals surface area (Å²) in [5.74, 6) is 0. The minimum Gasteiger partial charge on any atom is -0.374 e. The van der Waals surface area contributed by atoms with Gasteiger partial charge in [-0.3, -0.25) is 0 Å². The van der Waals surface area contributed by atoms with Crippen LogP contribution < -0.4 is 5.32 Å². The van der Waals surface area contributed by atoms with E-state index in [0.717, 1.165) is 32.0 Å². The quantitative estimate of drug-likeness (QED) is 0.729. The molecule has 0 bridgehead atoms. The number of ether oxygens (including phenoxy) is 1. The normalized spacial score (nSPS) is 21.2. The van der Waals surface area contributed by atoms with Gasteiger partial charge in [-0.05, 0) is 44.1 Å². The zero-order valence-electron chi connectivity index (χ0n) is 12.4. The number of benzene rings is 1. The van der Waals surface area contributed by atoms with Gasteiger partial charge in [0.05, 0.1) is 5.60 Å². The lowest BCUT2D eigenvalue weighted by atomic mass is 10.0. The predicted octanol–water partition coefficient (Wildman–Crippen LogP) is 3.70. The highest BCUT2D eigenvalue weighted by Gasteiger charge is 2.36. The van der Waals surface area contributed by atoms with Crippen LogP contribution in [0, 0.1) is 0 Å². The third-order valence-corrected chi connectivity index (χ3v) is 4.67. The van der Waals surface area contributed by atoms with Crippen molar-refractivity contribution in [3.8, 4) is 0 Å². The molecule has 0 unspecified atom stereocenters. The molecule has 0 atom stereocenters. The fourth-order valence-electron chi connectivity index (χ4n) is 3.22. The Labute approximate surface area is 122 Å². The van der Waals surface area contributed by atoms with Crippen LogP contribution in [0.5, 0.6) is 0 Å². The molecule has 0 radical (unpaired) electrons. The van der Waals surface area contributed by atoms with Gasteiger partial charge >= 0.3 is 0 Å². The SMILES string of the molecule is c1ccc(CCCOC2(CNC3CC3)CCCC2)cc1. The lowest BCUT2D eigenvalue weighted by Crippen LogP contribution is -2.41. The van der Waals surface area contributed by atoms with Crippen LogP contribution in [-0.4, -0.2) is 24.8 Å². The van der Waals surface area contributed by atoms with E-state index in [0.29, 0.717) is 0 Å². The van der Waals surface area contributed by atoms with Crippen molar-refractivity contribution >= 4 is 0 Å². The van der Waals surface area contributed by atoms with Gasteiger partial charge < -0.3 is 10.1 Å². The minimum atomic E-state index is 0.152. The Balaban J connectivity index is 1.40. The van der Waals surface area contributed by atoms with Gasteiger partial charge in [0.2, 0.25) is 0 Å². The maximum absolute atomic E-state index is 6.33. The van der Waals surface area contributed by atoms with Crippen LogP contribution >= 0.6 is 0 Å². The molecule has 2 heteroatoms. The van der Waals surface area contributed by atoms with Crippen molar-refractivity contribution in [1.82, 2.24) is 5.32 Å². The molecule has 1 aromatic rings. The van der Waals surface area contributed by atoms with Crippen LogP contribution in [0.2, 0.25) is 0 Å². The van der Waals surface area contributed by atoms with Crippen molar-refractivity contribution in [3.63, 3.8) is 0 Å². The largest absolute Gasteiger partial charge is 0.374 e. The molecule has 2 aliphatic rings. The van der Waals surface area contributed by atoms with Crippen LogP contribution in [0.25, 0.3) is 0 Å². The van der Waals surface area contributed by atoms with Gasteiger partial charge in [0.15, 0.2) is 0 Å². The van der Waals surface area contributed by atoms with Gasteiger partial charge in [-0.1, -0.05) is 43.2 Å². The molecule has 1 aromatic carbocycles. The molecule has 0 saturated heterocycles. The van der Waals surface area contributed by atoms with Crippen molar-refractivity contribution in [2.24, 2.45) is 0 Å². The van der Waals surface area contributed by atoms with E-state index in [2.05, 4.69) is 35.6 Å². The Kier molecular flexibility index (Phi) is 4.74. The van der Waals surface area contributed by atoms with E-state index in [1.165, 1.54) is 44.1 Å². The fourth-order valence-corrected chi connectivity index (χ4v) is 3.22. The molecule has 2 aliphatic carbocycles. The summed E-state index contributed by atoms with van der Waals surface area (Å²) in [5, 5.41) is 3.67. The van der Waals surface area contributed by atoms with E-state index in [4.69, 9.17) is 4.74 Å². The van der Waals surface area contributed by atoms with Crippen LogP contribution in [-0.2, 0) is 11.2 Å². The first-order valence-electron chi connectivity index (χ1n) is 8.28. The van der Waals surface area contributed by atoms with E-state index in [-0.39, 0.29) is 5.60 Å². The monoisotopic (exact) mass is 273 g/mol. The molecule has 110 valence electrons. The second-order valence-electron chi connectivity index (χ2n) is 6.48. The second-order valence-corrected chi connectivity index (χ2v) is 6.48. The van der Waals surface area contributed by atoms with Gasteiger partial charge in [0.25, 0.3) is 0 Å². The highest BCUT2D eigenvalue weighted by molar-refractivity contribution is 5.14. The topological polar surface area (TPSA) is 21.3 Å². The summed E-state index contributed by atoms with van der Waals surface area (Å²) in [7, 11) is 0. The summed E-state index contributed by atoms with van der Waals surface area (Å²) in [4.78, 5) is 0. The van der Waals surface area contributed by atoms with Crippen molar-refractivity contribution in [3.05, 3.63) is 35.9 Å². The summed E-state index contributed by atoms with van der Waals surface area (Å²) >= 11 is 0. The molecule has 0 aliphatic heterocycles. The summed E-state index contributed by atoms with van der Waals surface area (Å²) < 4.78 is 6.33. The Morgan fingerprint density at radius 2 is 1.85 bits per heavy atom. The zero-order valence-corrected chi connectivity index (χ0v) is 12.4. The predicted molar refractivity (Wildman–Crippen MR) is 82.9 cm³/mol. The highest BCUT2D eigenvalue weighted by atomic mass is 16.5. The third-order valence-electron chi connectivity index (χ3n) is 4.67. The number of rotatable bonds is 8. The fraction of sp³-hybridized carbons (Fsp3) is 0.667. The smallest absolute Gasteiger partial charge is 0.0806 e. The van der Waals surface area contributed by atoms with Crippen LogP contribution in [0.1, 0.15) is 50.5 Å². The summed E-state index contributed by atoms with van der Waals surface area (Å²) in [6.45, 7) is 1.98. The van der Waals surface area contributed by atoms with Crippen LogP contribution in [0.4, 0.5) is 0 Å². The average molecular weight is 273 g/mol. The zero-order chi connectivity index (χ0) is 13.7. The highest BCUT2D eigenvalue weighted by Crippen LogP contribution is 2.34. The van der Waals surface area contributed by atoms with Gasteiger partial charge in [-0.25, -0.2) is 0 Å². The number of nitrogens with one attached hydrogen (secondary N) is 1. The first-order valence-corrected chi connectivity index (χ1v) is 8.28. The lowest BCUT2D eigenvalue weighted by Gasteiger charge is -2.30. The second kappa shape index (κ2) is 6.73. The molecule has 2 nitrogen and oxygen atoms in total. The summed E-state index contributed by atoms with van der Waals surface area (Å²) in [6.07, 6.45) is 10.2. The van der Waals surface area contributed by atoms with E-state index >= 15 is 0 Å². The minimum absolute atomic E-state index is 0.152. The lowest BCUT2D eigenvalue weighted by molar-refractivity contribution is -0.0403. The number of hydrogen-bond acceptors (Lipinski definition) is 2. The van der Waals surface area contributed by atoms with Crippen LogP contribution in [0.15, 0.2) is 30.3 Å². The first kappa shape index (κ1) is 14.1. The molecule has 20 heavy (non-hydrogen) atoms. The molecule has 2 saturated carbocycles. The summed E-state index contributed by atoms with van der Waals surface area (Å²) in [5.41, 5.74) is 1.58. The number of hydrogen-bond donors (Lipinski definition) is 1. The molecule has 2 fully saturated rings. The van der Waals surface area contributed by atoms with Crippen LogP contribution in [0.3, 0.4) is 0 Å². The van der Waals surface area contributed by atoms with Gasteiger partial charge in [0.1, 0.15) is 0 Å². The Morgan fingerprint density at radius 1 is 1.10 bits per heavy atom. The maximum atomic E-state index is 6.33. The van der Waals surface area contributed by atoms with Crippen molar-refractivity contribution < 1.29 is 4.74 Å². The molecule has 3 rings (SSSR count). The molecular formula is C18H27NO. The van der Waals surface area contributed by atoms with E-state index < -0.39 is 0 Å². The van der Waals surface area contributed by atoms with E-state index in [1.54, 1.807) is 0 Å². The van der Waals surface area contributed by atoms with E-state index in [9.17, 15) is 0 Å². The Bertz CT molecular complexity index is 393. The Morgan fingerprint density at radius 3 is 2.55 bits per heavy atom. The molecule has 0 amide bonds. The Hall–Kier alpha value is -0.860. The third kappa shape index (κ3) is 4.07.